The van der Waals surface area contributed by atoms with Crippen molar-refractivity contribution in [1.29, 1.82) is 0 Å². The second-order valence-electron chi connectivity index (χ2n) is 5.51. The van der Waals surface area contributed by atoms with Crippen LogP contribution in [0.15, 0.2) is 65.7 Å². The highest BCUT2D eigenvalue weighted by Crippen LogP contribution is 2.31. The molecule has 24 heavy (non-hydrogen) atoms. The van der Waals surface area contributed by atoms with Crippen LogP contribution in [0.1, 0.15) is 6.92 Å². The number of hydrogen-bond acceptors (Lipinski definition) is 5. The molecule has 122 valence electrons. The molecule has 0 bridgehead atoms. The molecule has 1 atom stereocenters. The molecule has 2 aromatic carbocycles. The second kappa shape index (κ2) is 8.04. The molecular weight excluding hydrogens is 316 g/mol. The lowest BCUT2D eigenvalue weighted by Crippen LogP contribution is -2.18. The monoisotopic (exact) mass is 336 g/mol. The number of thioether (sulfide) groups is 1. The van der Waals surface area contributed by atoms with E-state index in [1.54, 1.807) is 11.8 Å². The smallest absolute Gasteiger partial charge is 0.182 e. The first-order valence-corrected chi connectivity index (χ1v) is 8.82. The van der Waals surface area contributed by atoms with E-state index in [0.717, 1.165) is 28.4 Å². The molecule has 0 saturated heterocycles. The van der Waals surface area contributed by atoms with E-state index in [1.807, 2.05) is 67.7 Å². The van der Waals surface area contributed by atoms with E-state index in [4.69, 9.17) is 4.98 Å². The summed E-state index contributed by atoms with van der Waals surface area (Å²) in [5.41, 5.74) is 2.85. The van der Waals surface area contributed by atoms with Gasteiger partial charge in [-0.2, -0.15) is 0 Å². The van der Waals surface area contributed by atoms with Gasteiger partial charge in [-0.25, -0.2) is 4.98 Å². The Kier molecular flexibility index (Phi) is 5.56. The highest BCUT2D eigenvalue weighted by molar-refractivity contribution is 8.00. The first-order chi connectivity index (χ1) is 11.8. The molecule has 0 radical (unpaired) electrons. The molecule has 0 amide bonds. The largest absolute Gasteiger partial charge is 0.319 e. The van der Waals surface area contributed by atoms with Crippen molar-refractivity contribution in [3.8, 4) is 22.6 Å². The Morgan fingerprint density at radius 3 is 2.17 bits per heavy atom. The SMILES string of the molecule is CNCC(C)Sc1nc(-c2ccccc2)nnc1-c1ccccc1. The first kappa shape index (κ1) is 16.6. The Balaban J connectivity index is 2.02. The van der Waals surface area contributed by atoms with Gasteiger partial charge < -0.3 is 5.32 Å². The number of benzene rings is 2. The molecule has 0 spiro atoms. The van der Waals surface area contributed by atoms with Gasteiger partial charge >= 0.3 is 0 Å². The van der Waals surface area contributed by atoms with Crippen molar-refractivity contribution in [3.05, 3.63) is 60.7 Å². The van der Waals surface area contributed by atoms with Crippen molar-refractivity contribution in [2.75, 3.05) is 13.6 Å². The summed E-state index contributed by atoms with van der Waals surface area (Å²) in [6.45, 7) is 3.09. The van der Waals surface area contributed by atoms with Crippen LogP contribution in [-0.2, 0) is 0 Å². The lowest BCUT2D eigenvalue weighted by molar-refractivity contribution is 0.782. The average molecular weight is 336 g/mol. The predicted octanol–water partition coefficient (Wildman–Crippen LogP) is 3.91. The third kappa shape index (κ3) is 3.99. The second-order valence-corrected chi connectivity index (χ2v) is 6.93. The molecule has 0 aliphatic rings. The van der Waals surface area contributed by atoms with E-state index >= 15 is 0 Å². The fourth-order valence-electron chi connectivity index (χ4n) is 2.40. The predicted molar refractivity (Wildman–Crippen MR) is 99.9 cm³/mol. The minimum Gasteiger partial charge on any atom is -0.319 e. The summed E-state index contributed by atoms with van der Waals surface area (Å²) in [5, 5.41) is 13.3. The highest BCUT2D eigenvalue weighted by Gasteiger charge is 2.15. The van der Waals surface area contributed by atoms with Gasteiger partial charge in [-0.3, -0.25) is 0 Å². The van der Waals surface area contributed by atoms with Crippen LogP contribution in [-0.4, -0.2) is 34.0 Å². The molecule has 0 fully saturated rings. The Morgan fingerprint density at radius 1 is 0.917 bits per heavy atom. The van der Waals surface area contributed by atoms with Crippen LogP contribution in [0.4, 0.5) is 0 Å². The van der Waals surface area contributed by atoms with Gasteiger partial charge in [-0.15, -0.1) is 10.2 Å². The molecular formula is C19H20N4S. The molecule has 0 aliphatic carbocycles. The number of nitrogens with zero attached hydrogens (tertiary/aromatic N) is 3. The number of aromatic nitrogens is 3. The molecule has 3 rings (SSSR count). The summed E-state index contributed by atoms with van der Waals surface area (Å²) in [7, 11) is 1.96. The van der Waals surface area contributed by atoms with Gasteiger partial charge in [0.2, 0.25) is 0 Å². The van der Waals surface area contributed by atoms with E-state index in [-0.39, 0.29) is 0 Å². The molecule has 1 aromatic heterocycles. The summed E-state index contributed by atoms with van der Waals surface area (Å²) in [6, 6.07) is 20.1. The Morgan fingerprint density at radius 2 is 1.54 bits per heavy atom. The normalized spacial score (nSPS) is 12.1. The van der Waals surface area contributed by atoms with Gasteiger partial charge in [0.05, 0.1) is 0 Å². The quantitative estimate of drug-likeness (QED) is 0.692. The molecule has 1 unspecified atom stereocenters. The van der Waals surface area contributed by atoms with Gasteiger partial charge in [-0.1, -0.05) is 79.3 Å². The maximum Gasteiger partial charge on any atom is 0.182 e. The van der Waals surface area contributed by atoms with E-state index in [9.17, 15) is 0 Å². The standard InChI is InChI=1S/C19H20N4S/c1-14(13-20-2)24-19-17(15-9-5-3-6-10-15)22-23-18(21-19)16-11-7-4-8-12-16/h3-12,14,20H,13H2,1-2H3. The van der Waals surface area contributed by atoms with Gasteiger partial charge in [0.25, 0.3) is 0 Å². The zero-order chi connectivity index (χ0) is 16.8. The highest BCUT2D eigenvalue weighted by atomic mass is 32.2. The third-order valence-electron chi connectivity index (χ3n) is 3.54. The van der Waals surface area contributed by atoms with Crippen molar-refractivity contribution in [1.82, 2.24) is 20.5 Å². The molecule has 0 saturated carbocycles. The van der Waals surface area contributed by atoms with Crippen LogP contribution in [0.3, 0.4) is 0 Å². The Labute approximate surface area is 146 Å². The summed E-state index contributed by atoms with van der Waals surface area (Å²) in [4.78, 5) is 4.80. The number of rotatable bonds is 6. The van der Waals surface area contributed by atoms with Crippen LogP contribution >= 0.6 is 11.8 Å². The van der Waals surface area contributed by atoms with Gasteiger partial charge in [0.15, 0.2) is 5.82 Å². The average Bonchev–Trinajstić information content (AvgIpc) is 2.63. The van der Waals surface area contributed by atoms with E-state index in [1.165, 1.54) is 0 Å². The third-order valence-corrected chi connectivity index (χ3v) is 4.62. The summed E-state index contributed by atoms with van der Waals surface area (Å²) in [5.74, 6) is 0.662. The number of hydrogen-bond donors (Lipinski definition) is 1. The summed E-state index contributed by atoms with van der Waals surface area (Å²) < 4.78 is 0. The molecule has 5 heteroatoms. The Bertz CT molecular complexity index is 778. The topological polar surface area (TPSA) is 50.7 Å². The van der Waals surface area contributed by atoms with Crippen molar-refractivity contribution in [3.63, 3.8) is 0 Å². The van der Waals surface area contributed by atoms with Crippen LogP contribution in [0, 0.1) is 0 Å². The molecule has 1 heterocycles. The summed E-state index contributed by atoms with van der Waals surface area (Å²) in [6.07, 6.45) is 0. The molecule has 1 N–H and O–H groups in total. The summed E-state index contributed by atoms with van der Waals surface area (Å²) >= 11 is 1.72. The maximum atomic E-state index is 4.80. The van der Waals surface area contributed by atoms with Gasteiger partial charge in [0.1, 0.15) is 10.7 Å². The minimum atomic E-state index is 0.387. The fraction of sp³-hybridized carbons (Fsp3) is 0.211. The lowest BCUT2D eigenvalue weighted by Gasteiger charge is -2.13. The van der Waals surface area contributed by atoms with E-state index < -0.39 is 0 Å². The van der Waals surface area contributed by atoms with E-state index in [2.05, 4.69) is 22.4 Å². The molecule has 4 nitrogen and oxygen atoms in total. The molecule has 0 aliphatic heterocycles. The molecule has 3 aromatic rings. The lowest BCUT2D eigenvalue weighted by atomic mass is 10.2. The zero-order valence-corrected chi connectivity index (χ0v) is 14.6. The van der Waals surface area contributed by atoms with Gasteiger partial charge in [0, 0.05) is 22.9 Å². The van der Waals surface area contributed by atoms with Crippen LogP contribution in [0.2, 0.25) is 0 Å². The van der Waals surface area contributed by atoms with Crippen molar-refractivity contribution >= 4 is 11.8 Å². The maximum absolute atomic E-state index is 4.80. The van der Waals surface area contributed by atoms with E-state index in [0.29, 0.717) is 11.1 Å². The fourth-order valence-corrected chi connectivity index (χ4v) is 3.44. The van der Waals surface area contributed by atoms with Crippen LogP contribution < -0.4 is 5.32 Å². The first-order valence-electron chi connectivity index (χ1n) is 7.94. The van der Waals surface area contributed by atoms with Crippen molar-refractivity contribution in [2.24, 2.45) is 0 Å². The van der Waals surface area contributed by atoms with Crippen molar-refractivity contribution in [2.45, 2.75) is 17.2 Å². The number of nitrogens with one attached hydrogen (secondary N) is 1. The van der Waals surface area contributed by atoms with Crippen LogP contribution in [0.5, 0.6) is 0 Å². The zero-order valence-electron chi connectivity index (χ0n) is 13.8. The van der Waals surface area contributed by atoms with Crippen LogP contribution in [0.25, 0.3) is 22.6 Å². The minimum absolute atomic E-state index is 0.387. The van der Waals surface area contributed by atoms with Crippen molar-refractivity contribution < 1.29 is 0 Å². The van der Waals surface area contributed by atoms with Gasteiger partial charge in [-0.05, 0) is 7.05 Å². The Hall–Kier alpha value is -2.24.